The van der Waals surface area contributed by atoms with E-state index in [0.717, 1.165) is 20.6 Å². The standard InChI is InChI=1S/C24H15Cl3I2/c25-17-4-8-19(9-5-17)28-21-3-1-2-16(14-21)23-15-22(12-13-24(23)27)29-20-10-6-18(26)7-11-20/h1-15H/q+2. The van der Waals surface area contributed by atoms with E-state index in [1.54, 1.807) is 0 Å². The summed E-state index contributed by atoms with van der Waals surface area (Å²) < 4.78 is 5.38. The maximum Gasteiger partial charge on any atom is 0.357 e. The first-order chi connectivity index (χ1) is 14.1. The number of halogens is 5. The van der Waals surface area contributed by atoms with Gasteiger partial charge >= 0.3 is 42.4 Å². The van der Waals surface area contributed by atoms with E-state index in [4.69, 9.17) is 34.8 Å². The lowest BCUT2D eigenvalue weighted by Crippen LogP contribution is -3.61. The Balaban J connectivity index is 1.60. The molecule has 0 saturated heterocycles. The summed E-state index contributed by atoms with van der Waals surface area (Å²) in [5.74, 6) is 0. The predicted octanol–water partition coefficient (Wildman–Crippen LogP) is 1.57. The number of hydrogen-bond acceptors (Lipinski definition) is 0. The lowest BCUT2D eigenvalue weighted by molar-refractivity contribution is -0.597. The number of benzene rings is 4. The fourth-order valence-corrected chi connectivity index (χ4v) is 7.79. The van der Waals surface area contributed by atoms with Crippen molar-refractivity contribution in [3.63, 3.8) is 0 Å². The highest BCUT2D eigenvalue weighted by atomic mass is 127. The van der Waals surface area contributed by atoms with Gasteiger partial charge in [-0.2, -0.15) is 0 Å². The third-order valence-corrected chi connectivity index (χ3v) is 10.2. The summed E-state index contributed by atoms with van der Waals surface area (Å²) in [6, 6.07) is 31.4. The van der Waals surface area contributed by atoms with Crippen LogP contribution in [0.3, 0.4) is 0 Å². The molecule has 5 heteroatoms. The van der Waals surface area contributed by atoms with Crippen LogP contribution in [0.5, 0.6) is 0 Å². The third kappa shape index (κ3) is 5.88. The quantitative estimate of drug-likeness (QED) is 0.285. The molecule has 144 valence electrons. The van der Waals surface area contributed by atoms with Crippen LogP contribution in [0.4, 0.5) is 0 Å². The van der Waals surface area contributed by atoms with E-state index < -0.39 is 0 Å². The normalized spacial score (nSPS) is 10.9. The maximum atomic E-state index is 6.57. The fraction of sp³-hybridized carbons (Fsp3) is 0. The Hall–Kier alpha value is -0.790. The van der Waals surface area contributed by atoms with Gasteiger partial charge in [-0.1, -0.05) is 46.9 Å². The molecule has 0 radical (unpaired) electrons. The average Bonchev–Trinajstić information content (AvgIpc) is 2.73. The Bertz CT molecular complexity index is 1120. The SMILES string of the molecule is Clc1ccc([I+]c2cccc(-c3cc([I+]c4ccc(Cl)cc4)ccc3Cl)c2)cc1. The highest BCUT2D eigenvalue weighted by Gasteiger charge is 2.20. The first kappa shape index (κ1) is 21.4. The average molecular weight is 664 g/mol. The molecule has 0 aromatic heterocycles. The highest BCUT2D eigenvalue weighted by Crippen LogP contribution is 2.27. The van der Waals surface area contributed by atoms with Gasteiger partial charge in [-0.3, -0.25) is 0 Å². The first-order valence-corrected chi connectivity index (χ1v) is 14.2. The lowest BCUT2D eigenvalue weighted by atomic mass is 10.1. The van der Waals surface area contributed by atoms with Crippen LogP contribution >= 0.6 is 34.8 Å². The minimum Gasteiger partial charge on any atom is -0.0843 e. The van der Waals surface area contributed by atoms with E-state index >= 15 is 0 Å². The number of hydrogen-bond donors (Lipinski definition) is 0. The molecule has 0 heterocycles. The van der Waals surface area contributed by atoms with Crippen molar-refractivity contribution < 1.29 is 42.4 Å². The lowest BCUT2D eigenvalue weighted by Gasteiger charge is -2.03. The smallest absolute Gasteiger partial charge is 0.0843 e. The molecule has 4 rings (SSSR count). The van der Waals surface area contributed by atoms with Crippen LogP contribution < -0.4 is 42.4 Å². The van der Waals surface area contributed by atoms with Gasteiger partial charge in [0, 0.05) is 26.7 Å². The van der Waals surface area contributed by atoms with Crippen LogP contribution in [0.15, 0.2) is 91.0 Å². The second-order valence-electron chi connectivity index (χ2n) is 6.20. The van der Waals surface area contributed by atoms with Crippen molar-refractivity contribution in [1.82, 2.24) is 0 Å². The topological polar surface area (TPSA) is 0 Å². The zero-order valence-electron chi connectivity index (χ0n) is 15.1. The molecule has 0 spiro atoms. The monoisotopic (exact) mass is 662 g/mol. The van der Waals surface area contributed by atoms with Crippen LogP contribution in [0, 0.1) is 14.3 Å². The van der Waals surface area contributed by atoms with Crippen molar-refractivity contribution in [2.45, 2.75) is 0 Å². The zero-order valence-corrected chi connectivity index (χ0v) is 21.6. The van der Waals surface area contributed by atoms with Crippen molar-refractivity contribution in [2.75, 3.05) is 0 Å². The van der Waals surface area contributed by atoms with Crippen LogP contribution in [0.1, 0.15) is 0 Å². The van der Waals surface area contributed by atoms with E-state index in [-0.39, 0.29) is 42.4 Å². The Morgan fingerprint density at radius 1 is 0.483 bits per heavy atom. The molecule has 0 saturated carbocycles. The third-order valence-electron chi connectivity index (χ3n) is 4.11. The van der Waals surface area contributed by atoms with Gasteiger partial charge in [0.2, 0.25) is 0 Å². The molecule has 4 aromatic rings. The Labute approximate surface area is 206 Å². The molecule has 0 amide bonds. The molecule has 0 atom stereocenters. The van der Waals surface area contributed by atoms with E-state index in [0.29, 0.717) is 0 Å². The highest BCUT2D eigenvalue weighted by molar-refractivity contribution is 6.33. The summed E-state index contributed by atoms with van der Waals surface area (Å²) in [7, 11) is 0. The molecular formula is C24H15Cl3I2+2. The summed E-state index contributed by atoms with van der Waals surface area (Å²) in [6.45, 7) is 0. The summed E-state index contributed by atoms with van der Waals surface area (Å²) in [4.78, 5) is 0. The van der Waals surface area contributed by atoms with E-state index in [1.165, 1.54) is 19.8 Å². The van der Waals surface area contributed by atoms with Gasteiger partial charge in [0.05, 0.1) is 0 Å². The Kier molecular flexibility index (Phi) is 7.40. The van der Waals surface area contributed by atoms with Crippen LogP contribution in [-0.2, 0) is 0 Å². The molecule has 0 aliphatic heterocycles. The van der Waals surface area contributed by atoms with Gasteiger partial charge in [0.15, 0.2) is 14.3 Å². The van der Waals surface area contributed by atoms with E-state index in [9.17, 15) is 0 Å². The number of rotatable bonds is 5. The van der Waals surface area contributed by atoms with E-state index in [2.05, 4.69) is 60.7 Å². The van der Waals surface area contributed by atoms with Crippen molar-refractivity contribution >= 4 is 34.8 Å². The molecular weight excluding hydrogens is 648 g/mol. The first-order valence-electron chi connectivity index (χ1n) is 8.78. The second-order valence-corrected chi connectivity index (χ2v) is 13.5. The molecule has 0 nitrogen and oxygen atoms in total. The second kappa shape index (κ2) is 10.0. The van der Waals surface area contributed by atoms with Gasteiger partial charge in [-0.15, -0.1) is 0 Å². The van der Waals surface area contributed by atoms with Crippen LogP contribution in [-0.4, -0.2) is 0 Å². The van der Waals surface area contributed by atoms with Crippen molar-refractivity contribution in [1.29, 1.82) is 0 Å². The van der Waals surface area contributed by atoms with Crippen LogP contribution in [0.2, 0.25) is 15.1 Å². The van der Waals surface area contributed by atoms with Crippen molar-refractivity contribution in [3.8, 4) is 11.1 Å². The summed E-state index contributed by atoms with van der Waals surface area (Å²) in [5.41, 5.74) is 2.27. The van der Waals surface area contributed by atoms with Crippen LogP contribution in [0.25, 0.3) is 11.1 Å². The molecule has 29 heavy (non-hydrogen) atoms. The van der Waals surface area contributed by atoms with Gasteiger partial charge in [0.25, 0.3) is 0 Å². The van der Waals surface area contributed by atoms with Gasteiger partial charge in [-0.05, 0) is 78.4 Å². The van der Waals surface area contributed by atoms with Crippen molar-refractivity contribution in [3.05, 3.63) is 120 Å². The molecule has 0 fully saturated rings. The largest absolute Gasteiger partial charge is 0.357 e. The molecule has 4 aromatic carbocycles. The Morgan fingerprint density at radius 2 is 1.00 bits per heavy atom. The minimum absolute atomic E-state index is 0.262. The zero-order chi connectivity index (χ0) is 20.2. The van der Waals surface area contributed by atoms with Gasteiger partial charge in [-0.25, -0.2) is 0 Å². The Morgan fingerprint density at radius 3 is 1.59 bits per heavy atom. The van der Waals surface area contributed by atoms with Crippen molar-refractivity contribution in [2.24, 2.45) is 0 Å². The molecule has 0 unspecified atom stereocenters. The molecule has 0 aliphatic carbocycles. The summed E-state index contributed by atoms with van der Waals surface area (Å²) in [5, 5.41) is 2.34. The molecule has 0 N–H and O–H groups in total. The molecule has 0 bridgehead atoms. The summed E-state index contributed by atoms with van der Waals surface area (Å²) >= 11 is 18.1. The fourth-order valence-electron chi connectivity index (χ4n) is 2.73. The van der Waals surface area contributed by atoms with Gasteiger partial charge < -0.3 is 0 Å². The molecule has 0 aliphatic rings. The summed E-state index contributed by atoms with van der Waals surface area (Å²) in [6.07, 6.45) is 0. The van der Waals surface area contributed by atoms with E-state index in [1.807, 2.05) is 30.3 Å². The minimum atomic E-state index is -0.280. The maximum absolute atomic E-state index is 6.57. The van der Waals surface area contributed by atoms with Gasteiger partial charge in [0.1, 0.15) is 0 Å². The predicted molar refractivity (Wildman–Crippen MR) is 115 cm³/mol.